The van der Waals surface area contributed by atoms with Crippen LogP contribution in [0.3, 0.4) is 0 Å². The van der Waals surface area contributed by atoms with E-state index in [4.69, 9.17) is 38.0 Å². The van der Waals surface area contributed by atoms with Crippen molar-refractivity contribution in [2.75, 3.05) is 26.6 Å². The summed E-state index contributed by atoms with van der Waals surface area (Å²) in [6.07, 6.45) is 1.58. The minimum absolute atomic E-state index is 0.339. The van der Waals surface area contributed by atoms with Gasteiger partial charge in [-0.25, -0.2) is 0 Å². The van der Waals surface area contributed by atoms with E-state index in [0.717, 1.165) is 11.3 Å². The fraction of sp³-hybridized carbons (Fsp3) is 0.222. The number of hydrogen-bond donors (Lipinski definition) is 2. The topological polar surface area (TPSA) is 64.1 Å². The molecule has 2 aromatic rings. The second-order valence-corrected chi connectivity index (χ2v) is 5.98. The smallest absolute Gasteiger partial charge is 0.203 e. The molecule has 6 nitrogen and oxygen atoms in total. The van der Waals surface area contributed by atoms with Crippen LogP contribution in [0.2, 0.25) is 5.02 Å². The summed E-state index contributed by atoms with van der Waals surface area (Å²) in [5.41, 5.74) is 5.19. The van der Waals surface area contributed by atoms with Crippen LogP contribution in [0, 0.1) is 6.92 Å². The summed E-state index contributed by atoms with van der Waals surface area (Å²) in [6.45, 7) is 1.91. The van der Waals surface area contributed by atoms with Gasteiger partial charge in [-0.15, -0.1) is 0 Å². The minimum Gasteiger partial charge on any atom is -0.493 e. The molecule has 0 amide bonds. The lowest BCUT2D eigenvalue weighted by Gasteiger charge is -2.14. The van der Waals surface area contributed by atoms with Gasteiger partial charge in [0, 0.05) is 16.3 Å². The Hall–Kier alpha value is -2.51. The van der Waals surface area contributed by atoms with Gasteiger partial charge < -0.3 is 19.5 Å². The van der Waals surface area contributed by atoms with Gasteiger partial charge in [-0.1, -0.05) is 17.7 Å². The number of anilines is 1. The molecular weight excluding hydrogens is 374 g/mol. The van der Waals surface area contributed by atoms with E-state index in [0.29, 0.717) is 32.9 Å². The highest BCUT2D eigenvalue weighted by molar-refractivity contribution is 7.80. The Kier molecular flexibility index (Phi) is 7.06. The zero-order valence-electron chi connectivity index (χ0n) is 14.9. The van der Waals surface area contributed by atoms with E-state index in [2.05, 4.69) is 15.8 Å². The van der Waals surface area contributed by atoms with Gasteiger partial charge in [-0.2, -0.15) is 5.10 Å². The van der Waals surface area contributed by atoms with Gasteiger partial charge in [-0.05, 0) is 49.0 Å². The molecule has 0 aliphatic rings. The molecule has 0 bridgehead atoms. The van der Waals surface area contributed by atoms with E-state index < -0.39 is 0 Å². The van der Waals surface area contributed by atoms with Crippen LogP contribution < -0.4 is 25.0 Å². The van der Waals surface area contributed by atoms with E-state index in [9.17, 15) is 0 Å². The van der Waals surface area contributed by atoms with Gasteiger partial charge in [0.05, 0.1) is 27.5 Å². The van der Waals surface area contributed by atoms with Gasteiger partial charge in [0.1, 0.15) is 0 Å². The molecule has 0 aliphatic heterocycles. The van der Waals surface area contributed by atoms with Crippen molar-refractivity contribution in [3.63, 3.8) is 0 Å². The molecule has 2 N–H and O–H groups in total. The first kappa shape index (κ1) is 19.8. The first-order valence-electron chi connectivity index (χ1n) is 7.66. The van der Waals surface area contributed by atoms with Gasteiger partial charge in [0.2, 0.25) is 5.75 Å². The van der Waals surface area contributed by atoms with Crippen LogP contribution in [0.1, 0.15) is 11.1 Å². The third-order valence-corrected chi connectivity index (χ3v) is 4.22. The highest BCUT2D eigenvalue weighted by Gasteiger charge is 2.14. The Balaban J connectivity index is 2.10. The number of hydrogen-bond acceptors (Lipinski definition) is 5. The number of rotatable bonds is 6. The lowest BCUT2D eigenvalue weighted by Crippen LogP contribution is -2.24. The average Bonchev–Trinajstić information content (AvgIpc) is 2.64. The monoisotopic (exact) mass is 393 g/mol. The van der Waals surface area contributed by atoms with Crippen LogP contribution in [-0.4, -0.2) is 32.7 Å². The van der Waals surface area contributed by atoms with Gasteiger partial charge in [0.15, 0.2) is 16.6 Å². The third kappa shape index (κ3) is 4.56. The van der Waals surface area contributed by atoms with Crippen LogP contribution >= 0.6 is 23.8 Å². The van der Waals surface area contributed by atoms with E-state index >= 15 is 0 Å². The summed E-state index contributed by atoms with van der Waals surface area (Å²) < 4.78 is 16.0. The van der Waals surface area contributed by atoms with Crippen LogP contribution in [-0.2, 0) is 0 Å². The number of nitrogens with zero attached hydrogens (tertiary/aromatic N) is 1. The van der Waals surface area contributed by atoms with Crippen molar-refractivity contribution in [2.45, 2.75) is 6.92 Å². The molecule has 138 valence electrons. The molecule has 0 saturated heterocycles. The highest BCUT2D eigenvalue weighted by atomic mass is 35.5. The Morgan fingerprint density at radius 2 is 1.81 bits per heavy atom. The maximum atomic E-state index is 6.10. The molecule has 0 radical (unpaired) electrons. The Morgan fingerprint density at radius 1 is 1.08 bits per heavy atom. The molecule has 2 rings (SSSR count). The average molecular weight is 394 g/mol. The lowest BCUT2D eigenvalue weighted by molar-refractivity contribution is 0.324. The zero-order valence-corrected chi connectivity index (χ0v) is 16.5. The van der Waals surface area contributed by atoms with Gasteiger partial charge in [-0.3, -0.25) is 5.43 Å². The number of ether oxygens (including phenoxy) is 3. The van der Waals surface area contributed by atoms with Crippen LogP contribution in [0.4, 0.5) is 5.69 Å². The zero-order chi connectivity index (χ0) is 19.1. The largest absolute Gasteiger partial charge is 0.493 e. The van der Waals surface area contributed by atoms with E-state index in [-0.39, 0.29) is 0 Å². The maximum Gasteiger partial charge on any atom is 0.203 e. The predicted octanol–water partition coefficient (Wildman–Crippen LogP) is 3.99. The molecule has 0 saturated carbocycles. The predicted molar refractivity (Wildman–Crippen MR) is 109 cm³/mol. The van der Waals surface area contributed by atoms with Crippen LogP contribution in [0.25, 0.3) is 0 Å². The Morgan fingerprint density at radius 3 is 2.46 bits per heavy atom. The molecular formula is C18H20ClN3O3S. The number of hydrazone groups is 1. The third-order valence-electron chi connectivity index (χ3n) is 3.62. The second-order valence-electron chi connectivity index (χ2n) is 5.16. The second kappa shape index (κ2) is 9.26. The fourth-order valence-electron chi connectivity index (χ4n) is 2.28. The van der Waals surface area contributed by atoms with E-state index in [1.807, 2.05) is 31.2 Å². The summed E-state index contributed by atoms with van der Waals surface area (Å²) in [6, 6.07) is 9.13. The molecule has 0 aliphatic carbocycles. The summed E-state index contributed by atoms with van der Waals surface area (Å²) >= 11 is 11.3. The Labute approximate surface area is 163 Å². The van der Waals surface area contributed by atoms with Crippen molar-refractivity contribution in [2.24, 2.45) is 5.10 Å². The molecule has 0 heterocycles. The van der Waals surface area contributed by atoms with Crippen LogP contribution in [0.5, 0.6) is 17.2 Å². The van der Waals surface area contributed by atoms with Crippen molar-refractivity contribution < 1.29 is 14.2 Å². The SMILES string of the molecule is COc1ccc(/C=N/NC(=S)Nc2cccc(Cl)c2C)c(OC)c1OC. The van der Waals surface area contributed by atoms with Crippen molar-refractivity contribution >= 4 is 40.8 Å². The molecule has 0 spiro atoms. The molecule has 0 fully saturated rings. The number of halogens is 1. The molecule has 0 atom stereocenters. The number of nitrogens with one attached hydrogen (secondary N) is 2. The maximum absolute atomic E-state index is 6.10. The molecule has 2 aromatic carbocycles. The molecule has 0 unspecified atom stereocenters. The minimum atomic E-state index is 0.339. The normalized spacial score (nSPS) is 10.5. The summed E-state index contributed by atoms with van der Waals surface area (Å²) in [7, 11) is 4.66. The molecule has 26 heavy (non-hydrogen) atoms. The first-order chi connectivity index (χ1) is 12.5. The highest BCUT2D eigenvalue weighted by Crippen LogP contribution is 2.38. The van der Waals surface area contributed by atoms with E-state index in [1.165, 1.54) is 0 Å². The standard InChI is InChI=1S/C18H20ClN3O3S/c1-11-13(19)6-5-7-14(11)21-18(26)22-20-10-12-8-9-15(23-2)17(25-4)16(12)24-3/h5-10H,1-4H3,(H2,21,22,26)/b20-10+. The summed E-state index contributed by atoms with van der Waals surface area (Å²) in [4.78, 5) is 0. The number of methoxy groups -OCH3 is 3. The van der Waals surface area contributed by atoms with Crippen LogP contribution in [0.15, 0.2) is 35.4 Å². The van der Waals surface area contributed by atoms with Crippen molar-refractivity contribution in [3.8, 4) is 17.2 Å². The number of benzene rings is 2. The fourth-order valence-corrected chi connectivity index (χ4v) is 2.62. The first-order valence-corrected chi connectivity index (χ1v) is 8.44. The summed E-state index contributed by atoms with van der Waals surface area (Å²) in [5.74, 6) is 1.58. The van der Waals surface area contributed by atoms with Crippen molar-refractivity contribution in [1.29, 1.82) is 0 Å². The van der Waals surface area contributed by atoms with Crippen molar-refractivity contribution in [3.05, 3.63) is 46.5 Å². The summed E-state index contributed by atoms with van der Waals surface area (Å²) in [5, 5.41) is 8.20. The number of thiocarbonyl (C=S) groups is 1. The van der Waals surface area contributed by atoms with Gasteiger partial charge >= 0.3 is 0 Å². The molecule has 8 heteroatoms. The van der Waals surface area contributed by atoms with E-state index in [1.54, 1.807) is 33.6 Å². The quantitative estimate of drug-likeness (QED) is 0.439. The van der Waals surface area contributed by atoms with Gasteiger partial charge in [0.25, 0.3) is 0 Å². The molecule has 0 aromatic heterocycles. The lowest BCUT2D eigenvalue weighted by atomic mass is 10.2. The van der Waals surface area contributed by atoms with Crippen molar-refractivity contribution in [1.82, 2.24) is 5.43 Å². The Bertz CT molecular complexity index is 828.